The number of para-hydroxylation sites is 2. The van der Waals surface area contributed by atoms with Crippen molar-refractivity contribution in [3.05, 3.63) is 249 Å². The summed E-state index contributed by atoms with van der Waals surface area (Å²) in [5, 5.41) is 14.6. The van der Waals surface area contributed by atoms with E-state index in [4.69, 9.17) is 4.74 Å². The number of thiophene rings is 1. The Morgan fingerprint density at radius 3 is 1.51 bits per heavy atom. The van der Waals surface area contributed by atoms with Gasteiger partial charge in [-0.15, -0.1) is 11.3 Å². The van der Waals surface area contributed by atoms with Crippen molar-refractivity contribution in [2.45, 2.75) is 0 Å². The Morgan fingerprint density at radius 1 is 0.290 bits per heavy atom. The summed E-state index contributed by atoms with van der Waals surface area (Å²) in [5.41, 5.74) is 9.75. The molecule has 0 fully saturated rings. The van der Waals surface area contributed by atoms with E-state index < -0.39 is 0 Å². The van der Waals surface area contributed by atoms with E-state index in [2.05, 4.69) is 254 Å². The SMILES string of the molecule is c1ccc(-c2ccc(N(c3ccc4c(c3)c3ccccc3c3ccccc3c3ccccc3c3c4ccc4sc5ccccc5c43)c3cccc4c3Oc3ccccc3-c3ccccc3-4)cc2)cc1. The van der Waals surface area contributed by atoms with Crippen LogP contribution in [0.1, 0.15) is 0 Å². The van der Waals surface area contributed by atoms with E-state index in [1.54, 1.807) is 0 Å². The zero-order chi connectivity index (χ0) is 45.4. The fraction of sp³-hybridized carbons (Fsp3) is 0. The molecule has 0 N–H and O–H groups in total. The van der Waals surface area contributed by atoms with E-state index in [1.165, 1.54) is 74.2 Å². The van der Waals surface area contributed by atoms with Crippen molar-refractivity contribution in [1.82, 2.24) is 0 Å². The zero-order valence-electron chi connectivity index (χ0n) is 37.4. The fourth-order valence-electron chi connectivity index (χ4n) is 11.0. The molecule has 12 aromatic carbocycles. The highest BCUT2D eigenvalue weighted by Crippen LogP contribution is 2.53. The molecule has 0 aliphatic carbocycles. The van der Waals surface area contributed by atoms with Crippen molar-refractivity contribution >= 4 is 102 Å². The normalized spacial score (nSPS) is 11.9. The molecule has 0 unspecified atom stereocenters. The maximum absolute atomic E-state index is 7.22. The number of ether oxygens (including phenoxy) is 1. The van der Waals surface area contributed by atoms with E-state index in [-0.39, 0.29) is 0 Å². The molecule has 69 heavy (non-hydrogen) atoms. The summed E-state index contributed by atoms with van der Waals surface area (Å²) in [7, 11) is 0. The first-order valence-electron chi connectivity index (χ1n) is 23.6. The predicted octanol–water partition coefficient (Wildman–Crippen LogP) is 19.5. The summed E-state index contributed by atoms with van der Waals surface area (Å²) < 4.78 is 9.79. The van der Waals surface area contributed by atoms with E-state index in [0.717, 1.165) is 61.8 Å². The highest BCUT2D eigenvalue weighted by atomic mass is 32.1. The van der Waals surface area contributed by atoms with Gasteiger partial charge in [0, 0.05) is 42.7 Å². The maximum Gasteiger partial charge on any atom is 0.159 e. The molecule has 1 aromatic heterocycles. The average Bonchev–Trinajstić information content (AvgIpc) is 3.73. The molecule has 0 radical (unpaired) electrons. The summed E-state index contributed by atoms with van der Waals surface area (Å²) in [5.74, 6) is 1.64. The highest BCUT2D eigenvalue weighted by molar-refractivity contribution is 7.26. The molecular formula is C66H41NOS. The number of rotatable bonds is 4. The number of hydrogen-bond acceptors (Lipinski definition) is 3. The first kappa shape index (κ1) is 39.4. The second kappa shape index (κ2) is 16.0. The molecule has 13 aromatic rings. The van der Waals surface area contributed by atoms with Crippen LogP contribution in [0.15, 0.2) is 249 Å². The number of anilines is 3. The summed E-state index contributed by atoms with van der Waals surface area (Å²) in [6, 6.07) is 90.9. The second-order valence-corrected chi connectivity index (χ2v) is 19.0. The van der Waals surface area contributed by atoms with Gasteiger partial charge in [-0.25, -0.2) is 0 Å². The molecule has 1 aliphatic heterocycles. The molecule has 0 saturated carbocycles. The monoisotopic (exact) mass is 895 g/mol. The van der Waals surface area contributed by atoms with Crippen LogP contribution in [0.25, 0.3) is 107 Å². The Kier molecular flexibility index (Phi) is 9.11. The smallest absolute Gasteiger partial charge is 0.159 e. The Bertz CT molecular complexity index is 4280. The number of fused-ring (bicyclic) bond motifs is 19. The molecule has 2 heterocycles. The molecular weight excluding hydrogens is 855 g/mol. The summed E-state index contributed by atoms with van der Waals surface area (Å²) >= 11 is 1.87. The van der Waals surface area contributed by atoms with Crippen LogP contribution >= 0.6 is 11.3 Å². The molecule has 1 aliphatic rings. The first-order chi connectivity index (χ1) is 34.2. The van der Waals surface area contributed by atoms with Crippen molar-refractivity contribution in [1.29, 1.82) is 0 Å². The lowest BCUT2D eigenvalue weighted by atomic mass is 9.92. The van der Waals surface area contributed by atoms with E-state index in [0.29, 0.717) is 0 Å². The molecule has 0 saturated heterocycles. The third-order valence-corrected chi connectivity index (χ3v) is 15.2. The summed E-state index contributed by atoms with van der Waals surface area (Å²) in [6.07, 6.45) is 0. The topological polar surface area (TPSA) is 12.5 Å². The van der Waals surface area contributed by atoms with Gasteiger partial charge < -0.3 is 9.64 Å². The lowest BCUT2D eigenvalue weighted by Gasteiger charge is -2.29. The average molecular weight is 896 g/mol. The first-order valence-corrected chi connectivity index (χ1v) is 24.4. The van der Waals surface area contributed by atoms with Crippen molar-refractivity contribution in [2.24, 2.45) is 0 Å². The maximum atomic E-state index is 7.22. The van der Waals surface area contributed by atoms with Gasteiger partial charge in [0.05, 0.1) is 5.69 Å². The van der Waals surface area contributed by atoms with Gasteiger partial charge in [-0.05, 0) is 125 Å². The third-order valence-electron chi connectivity index (χ3n) is 14.1. The molecule has 2 nitrogen and oxygen atoms in total. The largest absolute Gasteiger partial charge is 0.454 e. The molecule has 0 bridgehead atoms. The van der Waals surface area contributed by atoms with Crippen LogP contribution in [-0.4, -0.2) is 0 Å². The molecule has 322 valence electrons. The van der Waals surface area contributed by atoms with Crippen LogP contribution < -0.4 is 9.64 Å². The van der Waals surface area contributed by atoms with Gasteiger partial charge in [-0.1, -0.05) is 200 Å². The van der Waals surface area contributed by atoms with Gasteiger partial charge in [0.1, 0.15) is 5.75 Å². The van der Waals surface area contributed by atoms with Crippen molar-refractivity contribution in [3.63, 3.8) is 0 Å². The van der Waals surface area contributed by atoms with Crippen molar-refractivity contribution in [2.75, 3.05) is 4.90 Å². The molecule has 14 rings (SSSR count). The van der Waals surface area contributed by atoms with Crippen LogP contribution in [0, 0.1) is 0 Å². The minimum Gasteiger partial charge on any atom is -0.454 e. The van der Waals surface area contributed by atoms with Gasteiger partial charge in [-0.3, -0.25) is 0 Å². The van der Waals surface area contributed by atoms with Gasteiger partial charge >= 0.3 is 0 Å². The summed E-state index contributed by atoms with van der Waals surface area (Å²) in [4.78, 5) is 2.39. The van der Waals surface area contributed by atoms with E-state index in [9.17, 15) is 0 Å². The second-order valence-electron chi connectivity index (χ2n) is 17.9. The van der Waals surface area contributed by atoms with Crippen molar-refractivity contribution in [3.8, 4) is 44.9 Å². The molecule has 0 atom stereocenters. The quantitative estimate of drug-likeness (QED) is 0.175. The lowest BCUT2D eigenvalue weighted by Crippen LogP contribution is -2.11. The Hall–Kier alpha value is -8.76. The van der Waals surface area contributed by atoms with Crippen LogP contribution in [0.3, 0.4) is 0 Å². The minimum absolute atomic E-state index is 0.810. The van der Waals surface area contributed by atoms with Crippen LogP contribution in [-0.2, 0) is 0 Å². The summed E-state index contributed by atoms with van der Waals surface area (Å²) in [6.45, 7) is 0. The van der Waals surface area contributed by atoms with Crippen molar-refractivity contribution < 1.29 is 4.74 Å². The Balaban J connectivity index is 1.13. The predicted molar refractivity (Wildman–Crippen MR) is 296 cm³/mol. The van der Waals surface area contributed by atoms with Gasteiger partial charge in [-0.2, -0.15) is 0 Å². The third kappa shape index (κ3) is 6.32. The molecule has 3 heteroatoms. The van der Waals surface area contributed by atoms with Gasteiger partial charge in [0.2, 0.25) is 0 Å². The minimum atomic E-state index is 0.810. The number of nitrogens with zero attached hydrogens (tertiary/aromatic N) is 1. The van der Waals surface area contributed by atoms with E-state index in [1.807, 2.05) is 11.3 Å². The zero-order valence-corrected chi connectivity index (χ0v) is 38.3. The van der Waals surface area contributed by atoms with Gasteiger partial charge in [0.15, 0.2) is 5.75 Å². The van der Waals surface area contributed by atoms with E-state index >= 15 is 0 Å². The highest BCUT2D eigenvalue weighted by Gasteiger charge is 2.27. The van der Waals surface area contributed by atoms with Crippen LogP contribution in [0.2, 0.25) is 0 Å². The van der Waals surface area contributed by atoms with Crippen LogP contribution in [0.5, 0.6) is 11.5 Å². The number of hydrogen-bond donors (Lipinski definition) is 0. The Labute approximate surface area is 403 Å². The van der Waals surface area contributed by atoms with Crippen LogP contribution in [0.4, 0.5) is 17.1 Å². The standard InChI is InChI=1S/C66H41NOS/c1-2-17-42(18-3-1)43-33-35-44(36-34-43)67(60-30-16-29-57-51-24-8-7-22-49(51)54-26-12-14-31-61(54)68-66(57)60)45-37-38-53-56-39-40-63-65(58-28-13-15-32-62(58)69-63)64(56)55-27-11-10-23-50(55)47-20-5-4-19-46(47)48-21-6-9-25-52(48)59(53)41-45/h1-41H. The Morgan fingerprint density at radius 2 is 0.783 bits per heavy atom. The molecule has 0 amide bonds. The van der Waals surface area contributed by atoms with Gasteiger partial charge in [0.25, 0.3) is 0 Å². The fourth-order valence-corrected chi connectivity index (χ4v) is 12.1. The number of benzene rings is 11. The lowest BCUT2D eigenvalue weighted by molar-refractivity contribution is 0.489. The molecule has 0 spiro atoms.